The maximum absolute atomic E-state index is 2.29. The minimum absolute atomic E-state index is 1.16. The molecule has 0 bridgehead atoms. The molecule has 9 aromatic rings. The smallest absolute Gasteiger partial charge is 0.0105 e. The monoisotopic (exact) mass is 790 g/mol. The van der Waals surface area contributed by atoms with E-state index in [1.165, 1.54) is 55.7 Å². The zero-order valence-corrected chi connectivity index (χ0v) is 34.6. The normalized spacial score (nSPS) is 11.9. The van der Waals surface area contributed by atoms with E-state index in [2.05, 4.69) is 279 Å². The topological polar surface area (TPSA) is 0 Å². The first-order valence-corrected chi connectivity index (χ1v) is 21.2. The molecule has 0 atom stereocenters. The fourth-order valence-electron chi connectivity index (χ4n) is 7.74. The molecule has 0 heterocycles. The van der Waals surface area contributed by atoms with Crippen LogP contribution in [0.3, 0.4) is 0 Å². The van der Waals surface area contributed by atoms with Gasteiger partial charge in [-0.05, 0) is 107 Å². The van der Waals surface area contributed by atoms with Crippen molar-refractivity contribution in [3.8, 4) is 22.3 Å². The molecule has 0 nitrogen and oxygen atoms in total. The Kier molecular flexibility index (Phi) is 12.3. The highest BCUT2D eigenvalue weighted by Crippen LogP contribution is 2.31. The van der Waals surface area contributed by atoms with E-state index >= 15 is 0 Å². The van der Waals surface area contributed by atoms with Crippen molar-refractivity contribution in [1.29, 1.82) is 0 Å². The molecular formula is C62H46. The van der Waals surface area contributed by atoms with Gasteiger partial charge in [-0.2, -0.15) is 0 Å². The summed E-state index contributed by atoms with van der Waals surface area (Å²) in [7, 11) is 0. The van der Waals surface area contributed by atoms with Crippen LogP contribution in [0.2, 0.25) is 0 Å². The molecule has 9 aromatic carbocycles. The Morgan fingerprint density at radius 2 is 0.500 bits per heavy atom. The average Bonchev–Trinajstić information content (AvgIpc) is 3.36. The second-order valence-corrected chi connectivity index (χ2v) is 15.4. The lowest BCUT2D eigenvalue weighted by Crippen LogP contribution is -1.89. The Morgan fingerprint density at radius 1 is 0.210 bits per heavy atom. The van der Waals surface area contributed by atoms with Crippen molar-refractivity contribution in [3.63, 3.8) is 0 Å². The lowest BCUT2D eigenvalue weighted by atomic mass is 9.94. The fourth-order valence-corrected chi connectivity index (χ4v) is 7.74. The summed E-state index contributed by atoms with van der Waals surface area (Å²) in [4.78, 5) is 0. The molecule has 0 amide bonds. The van der Waals surface area contributed by atoms with Crippen molar-refractivity contribution < 1.29 is 0 Å². The Bertz CT molecular complexity index is 2750. The van der Waals surface area contributed by atoms with Crippen LogP contribution in [0.1, 0.15) is 55.6 Å². The van der Waals surface area contributed by atoms with Gasteiger partial charge in [0.15, 0.2) is 0 Å². The summed E-state index contributed by atoms with van der Waals surface area (Å²) >= 11 is 0. The van der Waals surface area contributed by atoms with Gasteiger partial charge in [0.1, 0.15) is 0 Å². The van der Waals surface area contributed by atoms with Gasteiger partial charge in [0.2, 0.25) is 0 Å². The number of benzene rings is 9. The SMILES string of the molecule is C(=Cc1cccc(C=Cc2ccc(C=C(c3ccccc3)c3ccc(-c4ccccc4)cc3)cc2)c1)c1ccc(C=C(c2ccccc2)c2ccc(-c3ccccc3)cc2)cc1. The largest absolute Gasteiger partial charge is 0.0622 e. The Hall–Kier alpha value is -8.06. The molecular weight excluding hydrogens is 745 g/mol. The van der Waals surface area contributed by atoms with Gasteiger partial charge >= 0.3 is 0 Å². The van der Waals surface area contributed by atoms with Crippen LogP contribution >= 0.6 is 0 Å². The predicted molar refractivity (Wildman–Crippen MR) is 268 cm³/mol. The molecule has 0 saturated heterocycles. The van der Waals surface area contributed by atoms with Crippen LogP contribution in [0.5, 0.6) is 0 Å². The summed E-state index contributed by atoms with van der Waals surface area (Å²) < 4.78 is 0. The zero-order chi connectivity index (χ0) is 41.8. The van der Waals surface area contributed by atoms with Crippen LogP contribution in [0.25, 0.3) is 69.9 Å². The molecule has 0 aromatic heterocycles. The van der Waals surface area contributed by atoms with Crippen LogP contribution in [-0.2, 0) is 0 Å². The number of hydrogen-bond donors (Lipinski definition) is 0. The second-order valence-electron chi connectivity index (χ2n) is 15.4. The molecule has 0 radical (unpaired) electrons. The van der Waals surface area contributed by atoms with Crippen molar-refractivity contribution in [1.82, 2.24) is 0 Å². The third-order valence-corrected chi connectivity index (χ3v) is 11.1. The first-order valence-electron chi connectivity index (χ1n) is 21.2. The van der Waals surface area contributed by atoms with Gasteiger partial charge in [0.25, 0.3) is 0 Å². The summed E-state index contributed by atoms with van der Waals surface area (Å²) in [5, 5.41) is 0. The maximum Gasteiger partial charge on any atom is -0.0105 e. The molecule has 0 aliphatic rings. The Morgan fingerprint density at radius 3 is 0.871 bits per heavy atom. The van der Waals surface area contributed by atoms with E-state index in [-0.39, 0.29) is 0 Å². The zero-order valence-electron chi connectivity index (χ0n) is 34.6. The van der Waals surface area contributed by atoms with E-state index in [0.717, 1.165) is 33.4 Å². The first kappa shape index (κ1) is 39.4. The lowest BCUT2D eigenvalue weighted by Gasteiger charge is -2.11. The van der Waals surface area contributed by atoms with E-state index < -0.39 is 0 Å². The van der Waals surface area contributed by atoms with Crippen molar-refractivity contribution >= 4 is 47.6 Å². The molecule has 62 heavy (non-hydrogen) atoms. The second kappa shape index (κ2) is 19.3. The van der Waals surface area contributed by atoms with Gasteiger partial charge in [0, 0.05) is 0 Å². The van der Waals surface area contributed by atoms with E-state index in [9.17, 15) is 0 Å². The minimum atomic E-state index is 1.16. The molecule has 0 saturated carbocycles. The van der Waals surface area contributed by atoms with Crippen molar-refractivity contribution in [3.05, 3.63) is 298 Å². The van der Waals surface area contributed by atoms with Crippen molar-refractivity contribution in [2.75, 3.05) is 0 Å². The summed E-state index contributed by atoms with van der Waals surface area (Å²) in [6.45, 7) is 0. The van der Waals surface area contributed by atoms with Crippen molar-refractivity contribution in [2.24, 2.45) is 0 Å². The lowest BCUT2D eigenvalue weighted by molar-refractivity contribution is 1.54. The van der Waals surface area contributed by atoms with Crippen LogP contribution < -0.4 is 0 Å². The fraction of sp³-hybridized carbons (Fsp3) is 0. The van der Waals surface area contributed by atoms with Gasteiger partial charge in [-0.1, -0.05) is 261 Å². The minimum Gasteiger partial charge on any atom is -0.0622 e. The van der Waals surface area contributed by atoms with E-state index in [1.54, 1.807) is 0 Å². The molecule has 0 aliphatic carbocycles. The standard InChI is InChI=1S/C62H46/c1-5-16-53(17-6-1)55-36-40-59(41-37-55)61(57-20-9-3-10-21-57)45-51-32-26-47(27-33-51)24-30-49-14-13-15-50(44-49)31-25-48-28-34-52(35-29-48)46-62(58-22-11-4-12-23-58)60-42-38-56(39-43-60)54-18-7-2-8-19-54/h1-46H. The third-order valence-electron chi connectivity index (χ3n) is 11.1. The predicted octanol–water partition coefficient (Wildman–Crippen LogP) is 16.5. The summed E-state index contributed by atoms with van der Waals surface area (Å²) in [6.07, 6.45) is 13.3. The molecule has 0 aliphatic heterocycles. The first-order chi connectivity index (χ1) is 30.7. The molecule has 0 fully saturated rings. The summed E-state index contributed by atoms with van der Waals surface area (Å²) in [5.41, 5.74) is 19.0. The Labute approximate surface area is 366 Å². The molecule has 0 spiro atoms. The van der Waals surface area contributed by atoms with Gasteiger partial charge in [0.05, 0.1) is 0 Å². The van der Waals surface area contributed by atoms with Gasteiger partial charge in [-0.15, -0.1) is 0 Å². The molecule has 0 heteroatoms. The third kappa shape index (κ3) is 10.0. The quantitative estimate of drug-likeness (QED) is 0.108. The van der Waals surface area contributed by atoms with E-state index in [1.807, 2.05) is 0 Å². The molecule has 0 unspecified atom stereocenters. The summed E-state index contributed by atoms with van der Waals surface area (Å²) in [5.74, 6) is 0. The Balaban J connectivity index is 0.875. The maximum atomic E-state index is 2.29. The molecule has 0 N–H and O–H groups in total. The van der Waals surface area contributed by atoms with Gasteiger partial charge in [-0.3, -0.25) is 0 Å². The van der Waals surface area contributed by atoms with Crippen LogP contribution in [0, 0.1) is 0 Å². The van der Waals surface area contributed by atoms with Crippen LogP contribution in [0.15, 0.2) is 243 Å². The molecule has 9 rings (SSSR count). The van der Waals surface area contributed by atoms with E-state index in [4.69, 9.17) is 0 Å². The van der Waals surface area contributed by atoms with Crippen molar-refractivity contribution in [2.45, 2.75) is 0 Å². The van der Waals surface area contributed by atoms with Crippen LogP contribution in [-0.4, -0.2) is 0 Å². The summed E-state index contributed by atoms with van der Waals surface area (Å²) in [6, 6.07) is 86.3. The number of hydrogen-bond acceptors (Lipinski definition) is 0. The van der Waals surface area contributed by atoms with Gasteiger partial charge < -0.3 is 0 Å². The van der Waals surface area contributed by atoms with E-state index in [0.29, 0.717) is 0 Å². The van der Waals surface area contributed by atoms with Gasteiger partial charge in [-0.25, -0.2) is 0 Å². The highest BCUT2D eigenvalue weighted by molar-refractivity contribution is 5.93. The average molecular weight is 791 g/mol. The number of rotatable bonds is 12. The highest BCUT2D eigenvalue weighted by Gasteiger charge is 2.09. The molecule has 294 valence electrons. The van der Waals surface area contributed by atoms with Crippen LogP contribution in [0.4, 0.5) is 0 Å². The highest BCUT2D eigenvalue weighted by atomic mass is 14.1.